The molecule has 0 N–H and O–H groups in total. The Labute approximate surface area is 224 Å². The van der Waals surface area contributed by atoms with Crippen LogP contribution in [-0.2, 0) is 14.8 Å². The van der Waals surface area contributed by atoms with Crippen molar-refractivity contribution in [2.24, 2.45) is 0 Å². The molecular weight excluding hydrogens is 530 g/mol. The first-order valence-corrected chi connectivity index (χ1v) is 13.8. The van der Waals surface area contributed by atoms with Crippen molar-refractivity contribution in [1.82, 2.24) is 18.4 Å². The minimum Gasteiger partial charge on any atom is -0.497 e. The number of rotatable bonds is 6. The highest BCUT2D eigenvalue weighted by atomic mass is 35.5. The predicted molar refractivity (Wildman–Crippen MR) is 145 cm³/mol. The van der Waals surface area contributed by atoms with Crippen LogP contribution in [0.1, 0.15) is 13.0 Å². The van der Waals surface area contributed by atoms with E-state index in [1.54, 1.807) is 24.2 Å². The molecule has 0 spiro atoms. The Bertz CT molecular complexity index is 1640. The summed E-state index contributed by atoms with van der Waals surface area (Å²) in [5.74, 6) is 0.205. The summed E-state index contributed by atoms with van der Waals surface area (Å²) in [6.07, 6.45) is 3.45. The monoisotopic (exact) mass is 555 g/mol. The zero-order valence-corrected chi connectivity index (χ0v) is 22.4. The second kappa shape index (κ2) is 10.1. The van der Waals surface area contributed by atoms with E-state index in [2.05, 4.69) is 9.88 Å². The maximum atomic E-state index is 13.7. The third-order valence-corrected chi connectivity index (χ3v) is 8.69. The minimum atomic E-state index is -4.29. The number of methoxy groups -OCH3 is 1. The summed E-state index contributed by atoms with van der Waals surface area (Å²) < 4.78 is 34.3. The molecular formula is C26H26ClN5O5S. The highest BCUT2D eigenvalue weighted by molar-refractivity contribution is 7.90. The number of anilines is 1. The van der Waals surface area contributed by atoms with Crippen molar-refractivity contribution in [3.63, 3.8) is 0 Å². The molecule has 12 heteroatoms. The van der Waals surface area contributed by atoms with Crippen molar-refractivity contribution >= 4 is 44.3 Å². The normalized spacial score (nSPS) is 15.0. The van der Waals surface area contributed by atoms with Crippen molar-refractivity contribution in [3.8, 4) is 5.75 Å². The quantitative estimate of drug-likeness (QED) is 0.360. The number of amides is 1. The number of hydrogen-bond acceptors (Lipinski definition) is 7. The molecule has 2 aromatic heterocycles. The van der Waals surface area contributed by atoms with Gasteiger partial charge in [-0.3, -0.25) is 14.3 Å². The number of nitrogens with zero attached hydrogens (tertiary/aromatic N) is 5. The molecule has 1 aliphatic heterocycles. The van der Waals surface area contributed by atoms with Crippen molar-refractivity contribution < 1.29 is 17.9 Å². The van der Waals surface area contributed by atoms with Gasteiger partial charge in [0.2, 0.25) is 5.91 Å². The Morgan fingerprint density at radius 3 is 2.26 bits per heavy atom. The van der Waals surface area contributed by atoms with Gasteiger partial charge in [0.1, 0.15) is 11.8 Å². The number of benzene rings is 2. The molecule has 1 fully saturated rings. The summed E-state index contributed by atoms with van der Waals surface area (Å²) in [6.45, 7) is 3.77. The van der Waals surface area contributed by atoms with E-state index in [1.165, 1.54) is 54.1 Å². The molecule has 0 bridgehead atoms. The summed E-state index contributed by atoms with van der Waals surface area (Å²) >= 11 is 6.23. The summed E-state index contributed by atoms with van der Waals surface area (Å²) in [4.78, 5) is 35.1. The second-order valence-corrected chi connectivity index (χ2v) is 11.1. The van der Waals surface area contributed by atoms with E-state index in [9.17, 15) is 18.0 Å². The van der Waals surface area contributed by atoms with Gasteiger partial charge in [-0.15, -0.1) is 0 Å². The average molecular weight is 556 g/mol. The van der Waals surface area contributed by atoms with Gasteiger partial charge in [-0.25, -0.2) is 13.2 Å². The number of pyridine rings is 1. The molecule has 2 aromatic carbocycles. The third kappa shape index (κ3) is 4.52. The lowest BCUT2D eigenvalue weighted by atomic mass is 10.2. The molecule has 1 saturated heterocycles. The van der Waals surface area contributed by atoms with E-state index in [0.29, 0.717) is 37.0 Å². The third-order valence-electron chi connectivity index (χ3n) is 6.76. The van der Waals surface area contributed by atoms with Crippen LogP contribution in [-0.4, -0.2) is 66.0 Å². The highest BCUT2D eigenvalue weighted by Gasteiger charge is 2.32. The van der Waals surface area contributed by atoms with Crippen LogP contribution in [0.4, 0.5) is 5.69 Å². The SMILES string of the molecule is COc1ccc(S(=O)(=O)n2c(=O)n(C(C)C(=O)N3CCN(c4ccncc4)CC3)c3cc(Cl)ccc32)cc1. The fraction of sp³-hybridized carbons (Fsp3) is 0.269. The zero-order chi connectivity index (χ0) is 27.0. The molecule has 3 heterocycles. The largest absolute Gasteiger partial charge is 0.497 e. The van der Waals surface area contributed by atoms with Crippen molar-refractivity contribution in [2.45, 2.75) is 17.9 Å². The predicted octanol–water partition coefficient (Wildman–Crippen LogP) is 3.01. The molecule has 1 atom stereocenters. The Morgan fingerprint density at radius 2 is 1.63 bits per heavy atom. The van der Waals surface area contributed by atoms with Crippen LogP contribution in [0.25, 0.3) is 11.0 Å². The van der Waals surface area contributed by atoms with Crippen LogP contribution >= 0.6 is 11.6 Å². The topological polar surface area (TPSA) is 107 Å². The fourth-order valence-corrected chi connectivity index (χ4v) is 6.30. The van der Waals surface area contributed by atoms with Gasteiger partial charge < -0.3 is 14.5 Å². The number of aromatic nitrogens is 3. The van der Waals surface area contributed by atoms with Gasteiger partial charge in [0.05, 0.1) is 23.0 Å². The summed E-state index contributed by atoms with van der Waals surface area (Å²) in [5.41, 5.74) is 0.584. The molecule has 10 nitrogen and oxygen atoms in total. The van der Waals surface area contributed by atoms with E-state index in [0.717, 1.165) is 9.66 Å². The lowest BCUT2D eigenvalue weighted by molar-refractivity contribution is -0.134. The van der Waals surface area contributed by atoms with E-state index in [1.807, 2.05) is 12.1 Å². The van der Waals surface area contributed by atoms with Crippen LogP contribution in [0.2, 0.25) is 5.02 Å². The maximum absolute atomic E-state index is 13.7. The van der Waals surface area contributed by atoms with Crippen LogP contribution in [0.5, 0.6) is 5.75 Å². The number of ether oxygens (including phenoxy) is 1. The molecule has 1 aliphatic rings. The lowest BCUT2D eigenvalue weighted by Crippen LogP contribution is -2.51. The van der Waals surface area contributed by atoms with Gasteiger partial charge in [-0.1, -0.05) is 11.6 Å². The smallest absolute Gasteiger partial charge is 0.344 e. The Morgan fingerprint density at radius 1 is 0.974 bits per heavy atom. The van der Waals surface area contributed by atoms with Gasteiger partial charge in [0.15, 0.2) is 0 Å². The average Bonchev–Trinajstić information content (AvgIpc) is 3.24. The molecule has 0 radical (unpaired) electrons. The Kier molecular flexibility index (Phi) is 6.89. The molecule has 38 heavy (non-hydrogen) atoms. The van der Waals surface area contributed by atoms with Crippen LogP contribution in [0, 0.1) is 0 Å². The van der Waals surface area contributed by atoms with E-state index >= 15 is 0 Å². The van der Waals surface area contributed by atoms with Crippen molar-refractivity contribution in [3.05, 3.63) is 82.5 Å². The number of piperazine rings is 1. The van der Waals surface area contributed by atoms with Gasteiger partial charge in [0, 0.05) is 49.3 Å². The molecule has 1 amide bonds. The minimum absolute atomic E-state index is 0.0828. The molecule has 4 aromatic rings. The number of imidazole rings is 1. The fourth-order valence-electron chi connectivity index (χ4n) is 4.74. The molecule has 0 saturated carbocycles. The van der Waals surface area contributed by atoms with Gasteiger partial charge >= 0.3 is 5.69 Å². The van der Waals surface area contributed by atoms with Crippen molar-refractivity contribution in [1.29, 1.82) is 0 Å². The number of hydrogen-bond donors (Lipinski definition) is 0. The molecule has 0 aliphatic carbocycles. The maximum Gasteiger partial charge on any atom is 0.344 e. The number of fused-ring (bicyclic) bond motifs is 1. The van der Waals surface area contributed by atoms with Crippen LogP contribution < -0.4 is 15.3 Å². The van der Waals surface area contributed by atoms with Crippen LogP contribution in [0.3, 0.4) is 0 Å². The first-order chi connectivity index (χ1) is 18.2. The lowest BCUT2D eigenvalue weighted by Gasteiger charge is -2.37. The Balaban J connectivity index is 1.50. The van der Waals surface area contributed by atoms with Crippen LogP contribution in [0.15, 0.2) is 76.7 Å². The number of halogens is 1. The van der Waals surface area contributed by atoms with Gasteiger partial charge in [-0.2, -0.15) is 3.97 Å². The standard InChI is InChI=1S/C26H26ClN5O5S/c1-18(25(33)30-15-13-29(14-16-30)20-9-11-28-12-10-20)31-24-17-19(27)3-8-23(24)32(26(31)34)38(35,36)22-6-4-21(37-2)5-7-22/h3-12,17-18H,13-16H2,1-2H3. The zero-order valence-electron chi connectivity index (χ0n) is 20.8. The first-order valence-electron chi connectivity index (χ1n) is 12.0. The van der Waals surface area contributed by atoms with E-state index in [-0.39, 0.29) is 21.8 Å². The summed E-state index contributed by atoms with van der Waals surface area (Å²) in [7, 11) is -2.81. The number of carbonyl (C=O) groups excluding carboxylic acids is 1. The summed E-state index contributed by atoms with van der Waals surface area (Å²) in [6, 6.07) is 13.1. The molecule has 5 rings (SSSR count). The molecule has 198 valence electrons. The second-order valence-electron chi connectivity index (χ2n) is 8.92. The van der Waals surface area contributed by atoms with Gasteiger partial charge in [0.25, 0.3) is 10.0 Å². The van der Waals surface area contributed by atoms with E-state index < -0.39 is 21.8 Å². The number of carbonyl (C=O) groups is 1. The van der Waals surface area contributed by atoms with Gasteiger partial charge in [-0.05, 0) is 61.5 Å². The van der Waals surface area contributed by atoms with E-state index in [4.69, 9.17) is 16.3 Å². The molecule has 1 unspecified atom stereocenters. The summed E-state index contributed by atoms with van der Waals surface area (Å²) in [5, 5.41) is 0.316. The Hall–Kier alpha value is -3.83. The highest BCUT2D eigenvalue weighted by Crippen LogP contribution is 2.27. The van der Waals surface area contributed by atoms with Crippen molar-refractivity contribution in [2.75, 3.05) is 38.2 Å². The first kappa shape index (κ1) is 25.8.